The Kier molecular flexibility index (Phi) is 6.20. The smallest absolute Gasteiger partial charge is 0.267 e. The number of thiazole rings is 1. The number of rotatable bonds is 7. The van der Waals surface area contributed by atoms with Gasteiger partial charge in [-0.25, -0.2) is 4.98 Å². The predicted octanol–water partition coefficient (Wildman–Crippen LogP) is 6.27. The molecule has 4 aromatic rings. The van der Waals surface area contributed by atoms with Crippen LogP contribution in [0.2, 0.25) is 0 Å². The fourth-order valence-electron chi connectivity index (χ4n) is 3.10. The highest BCUT2D eigenvalue weighted by molar-refractivity contribution is 7.14. The molecule has 150 valence electrons. The van der Waals surface area contributed by atoms with Crippen molar-refractivity contribution in [3.63, 3.8) is 0 Å². The lowest BCUT2D eigenvalue weighted by Crippen LogP contribution is -2.32. The van der Waals surface area contributed by atoms with Crippen LogP contribution >= 0.6 is 11.3 Å². The van der Waals surface area contributed by atoms with Crippen molar-refractivity contribution in [1.82, 2.24) is 4.98 Å². The normalized spacial score (nSPS) is 11.6. The van der Waals surface area contributed by atoms with Crippen molar-refractivity contribution < 1.29 is 9.53 Å². The van der Waals surface area contributed by atoms with Crippen LogP contribution < -0.4 is 10.1 Å². The number of ether oxygens (including phenoxy) is 1. The second-order valence-electron chi connectivity index (χ2n) is 6.80. The standard InChI is InChI=1S/C25H22N2O2S/c1-2-23(29-21-11-7-4-8-12-21)24(28)27-25-26-22(17-30-25)20-15-13-19(14-16-20)18-9-5-3-6-10-18/h3-17,23H,2H2,1H3,(H,26,27,28). The van der Waals surface area contributed by atoms with E-state index in [0.717, 1.165) is 16.8 Å². The Morgan fingerprint density at radius 2 is 1.50 bits per heavy atom. The summed E-state index contributed by atoms with van der Waals surface area (Å²) in [5, 5.41) is 5.40. The number of benzene rings is 3. The van der Waals surface area contributed by atoms with E-state index >= 15 is 0 Å². The Morgan fingerprint density at radius 1 is 0.900 bits per heavy atom. The van der Waals surface area contributed by atoms with Crippen LogP contribution in [0.3, 0.4) is 0 Å². The van der Waals surface area contributed by atoms with Crippen LogP contribution in [0, 0.1) is 0 Å². The summed E-state index contributed by atoms with van der Waals surface area (Å²) in [6.07, 6.45) is 0.00445. The highest BCUT2D eigenvalue weighted by atomic mass is 32.1. The van der Waals surface area contributed by atoms with Gasteiger partial charge in [0.1, 0.15) is 5.75 Å². The molecule has 1 N–H and O–H groups in total. The minimum Gasteiger partial charge on any atom is -0.481 e. The summed E-state index contributed by atoms with van der Waals surface area (Å²) < 4.78 is 5.81. The predicted molar refractivity (Wildman–Crippen MR) is 123 cm³/mol. The second-order valence-corrected chi connectivity index (χ2v) is 7.66. The molecule has 0 radical (unpaired) electrons. The zero-order valence-corrected chi connectivity index (χ0v) is 17.4. The van der Waals surface area contributed by atoms with Crippen molar-refractivity contribution in [3.8, 4) is 28.1 Å². The molecule has 5 heteroatoms. The summed E-state index contributed by atoms with van der Waals surface area (Å²) in [7, 11) is 0. The fourth-order valence-corrected chi connectivity index (χ4v) is 3.82. The highest BCUT2D eigenvalue weighted by Crippen LogP contribution is 2.28. The molecular weight excluding hydrogens is 392 g/mol. The maximum Gasteiger partial charge on any atom is 0.267 e. The van der Waals surface area contributed by atoms with Crippen molar-refractivity contribution in [2.45, 2.75) is 19.4 Å². The highest BCUT2D eigenvalue weighted by Gasteiger charge is 2.20. The van der Waals surface area contributed by atoms with Crippen molar-refractivity contribution in [3.05, 3.63) is 90.3 Å². The third-order valence-electron chi connectivity index (χ3n) is 4.71. The molecular formula is C25H22N2O2S. The first-order valence-corrected chi connectivity index (χ1v) is 10.7. The average molecular weight is 415 g/mol. The topological polar surface area (TPSA) is 51.2 Å². The Morgan fingerprint density at radius 3 is 2.17 bits per heavy atom. The van der Waals surface area contributed by atoms with Crippen LogP contribution in [-0.2, 0) is 4.79 Å². The van der Waals surface area contributed by atoms with Crippen molar-refractivity contribution in [2.24, 2.45) is 0 Å². The molecule has 1 unspecified atom stereocenters. The van der Waals surface area contributed by atoms with Crippen molar-refractivity contribution in [1.29, 1.82) is 0 Å². The molecule has 1 aromatic heterocycles. The van der Waals surface area contributed by atoms with E-state index < -0.39 is 6.10 Å². The van der Waals surface area contributed by atoms with E-state index in [1.807, 2.05) is 60.8 Å². The maximum atomic E-state index is 12.6. The number of anilines is 1. The number of hydrogen-bond donors (Lipinski definition) is 1. The zero-order valence-electron chi connectivity index (χ0n) is 16.6. The van der Waals surface area contributed by atoms with E-state index in [0.29, 0.717) is 17.3 Å². The number of carbonyl (C=O) groups is 1. The summed E-state index contributed by atoms with van der Waals surface area (Å²) in [5.74, 6) is 0.486. The number of amides is 1. The minimum atomic E-state index is -0.565. The molecule has 0 aliphatic carbocycles. The van der Waals surface area contributed by atoms with Gasteiger partial charge in [0.25, 0.3) is 5.91 Å². The van der Waals surface area contributed by atoms with Gasteiger partial charge < -0.3 is 4.74 Å². The van der Waals surface area contributed by atoms with Crippen LogP contribution in [0.25, 0.3) is 22.4 Å². The molecule has 1 atom stereocenters. The number of carbonyl (C=O) groups excluding carboxylic acids is 1. The second kappa shape index (κ2) is 9.37. The minimum absolute atomic E-state index is 0.193. The largest absolute Gasteiger partial charge is 0.481 e. The molecule has 3 aromatic carbocycles. The third kappa shape index (κ3) is 4.75. The Hall–Kier alpha value is -3.44. The lowest BCUT2D eigenvalue weighted by molar-refractivity contribution is -0.122. The van der Waals surface area contributed by atoms with Gasteiger partial charge >= 0.3 is 0 Å². The molecule has 1 heterocycles. The molecule has 0 spiro atoms. The molecule has 4 rings (SSSR count). The first-order chi connectivity index (χ1) is 14.7. The number of aromatic nitrogens is 1. The monoisotopic (exact) mass is 414 g/mol. The molecule has 0 fully saturated rings. The summed E-state index contributed by atoms with van der Waals surface area (Å²) in [6.45, 7) is 1.93. The number of hydrogen-bond acceptors (Lipinski definition) is 4. The molecule has 0 aliphatic rings. The molecule has 0 saturated heterocycles. The van der Waals surface area contributed by atoms with Crippen LogP contribution in [-0.4, -0.2) is 17.0 Å². The number of nitrogens with one attached hydrogen (secondary N) is 1. The van der Waals surface area contributed by atoms with Gasteiger partial charge in [0.05, 0.1) is 5.69 Å². The van der Waals surface area contributed by atoms with E-state index in [9.17, 15) is 4.79 Å². The molecule has 30 heavy (non-hydrogen) atoms. The van der Waals surface area contributed by atoms with Gasteiger partial charge in [0.15, 0.2) is 11.2 Å². The summed E-state index contributed by atoms with van der Waals surface area (Å²) in [5.41, 5.74) is 4.19. The number of nitrogens with zero attached hydrogens (tertiary/aromatic N) is 1. The van der Waals surface area contributed by atoms with Crippen LogP contribution in [0.5, 0.6) is 5.75 Å². The van der Waals surface area contributed by atoms with Crippen molar-refractivity contribution in [2.75, 3.05) is 5.32 Å². The van der Waals surface area contributed by atoms with Gasteiger partial charge in [-0.1, -0.05) is 79.7 Å². The lowest BCUT2D eigenvalue weighted by atomic mass is 10.0. The quantitative estimate of drug-likeness (QED) is 0.387. The maximum absolute atomic E-state index is 12.6. The van der Waals surface area contributed by atoms with Crippen molar-refractivity contribution >= 4 is 22.4 Å². The first kappa shape index (κ1) is 19.9. The Labute approximate surface area is 180 Å². The van der Waals surface area contributed by atoms with Gasteiger partial charge in [-0.2, -0.15) is 0 Å². The van der Waals surface area contributed by atoms with Crippen LogP contribution in [0.15, 0.2) is 90.3 Å². The Balaban J connectivity index is 1.43. The van der Waals surface area contributed by atoms with E-state index in [-0.39, 0.29) is 5.91 Å². The molecule has 0 aliphatic heterocycles. The number of para-hydroxylation sites is 1. The van der Waals surface area contributed by atoms with E-state index in [2.05, 4.69) is 46.7 Å². The third-order valence-corrected chi connectivity index (χ3v) is 5.46. The molecule has 1 amide bonds. The summed E-state index contributed by atoms with van der Waals surface area (Å²) >= 11 is 1.41. The molecule has 0 bridgehead atoms. The fraction of sp³-hybridized carbons (Fsp3) is 0.120. The van der Waals surface area contributed by atoms with Gasteiger partial charge in [0.2, 0.25) is 0 Å². The van der Waals surface area contributed by atoms with E-state index in [1.54, 1.807) is 0 Å². The van der Waals surface area contributed by atoms with Gasteiger partial charge in [-0.3, -0.25) is 10.1 Å². The van der Waals surface area contributed by atoms with E-state index in [1.165, 1.54) is 16.9 Å². The lowest BCUT2D eigenvalue weighted by Gasteiger charge is -2.16. The van der Waals surface area contributed by atoms with E-state index in [4.69, 9.17) is 4.74 Å². The molecule has 4 nitrogen and oxygen atoms in total. The average Bonchev–Trinajstić information content (AvgIpc) is 3.27. The summed E-state index contributed by atoms with van der Waals surface area (Å²) in [6, 6.07) is 27.9. The van der Waals surface area contributed by atoms with Crippen LogP contribution in [0.4, 0.5) is 5.13 Å². The SMILES string of the molecule is CCC(Oc1ccccc1)C(=O)Nc1nc(-c2ccc(-c3ccccc3)cc2)cs1. The van der Waals surface area contributed by atoms with Gasteiger partial charge in [-0.15, -0.1) is 11.3 Å². The molecule has 0 saturated carbocycles. The summed E-state index contributed by atoms with van der Waals surface area (Å²) in [4.78, 5) is 17.2. The van der Waals surface area contributed by atoms with Gasteiger partial charge in [-0.05, 0) is 29.7 Å². The van der Waals surface area contributed by atoms with Crippen LogP contribution in [0.1, 0.15) is 13.3 Å². The zero-order chi connectivity index (χ0) is 20.8. The Bertz CT molecular complexity index is 1090. The van der Waals surface area contributed by atoms with Gasteiger partial charge in [0, 0.05) is 10.9 Å². The first-order valence-electron chi connectivity index (χ1n) is 9.87.